The number of methoxy groups -OCH3 is 2. The summed E-state index contributed by atoms with van der Waals surface area (Å²) in [7, 11) is 3.29. The Morgan fingerprint density at radius 1 is 1.40 bits per heavy atom. The lowest BCUT2D eigenvalue weighted by Gasteiger charge is -2.26. The van der Waals surface area contributed by atoms with Crippen molar-refractivity contribution in [2.24, 2.45) is 0 Å². The normalized spacial score (nSPS) is 15.7. The van der Waals surface area contributed by atoms with Gasteiger partial charge < -0.3 is 19.9 Å². The first-order valence-electron chi connectivity index (χ1n) is 6.68. The smallest absolute Gasteiger partial charge is 0.133 e. The van der Waals surface area contributed by atoms with Crippen LogP contribution in [0.25, 0.3) is 0 Å². The molecule has 0 aliphatic carbocycles. The van der Waals surface area contributed by atoms with Crippen LogP contribution < -0.4 is 10.1 Å². The van der Waals surface area contributed by atoms with E-state index in [4.69, 9.17) is 9.47 Å². The van der Waals surface area contributed by atoms with E-state index in [0.717, 1.165) is 15.8 Å². The van der Waals surface area contributed by atoms with Gasteiger partial charge in [0.25, 0.3) is 0 Å². The summed E-state index contributed by atoms with van der Waals surface area (Å²) < 4.78 is 11.1. The Hall–Kier alpha value is -0.620. The molecule has 2 atom stereocenters. The molecule has 1 aromatic rings. The summed E-state index contributed by atoms with van der Waals surface area (Å²) in [6, 6.07) is 6.12. The highest BCUT2D eigenvalue weighted by atomic mass is 79.9. The van der Waals surface area contributed by atoms with Crippen molar-refractivity contribution in [3.63, 3.8) is 0 Å². The van der Waals surface area contributed by atoms with Crippen molar-refractivity contribution in [2.45, 2.75) is 31.9 Å². The summed E-state index contributed by atoms with van der Waals surface area (Å²) in [5.41, 5.74) is 0.369. The fourth-order valence-electron chi connectivity index (χ4n) is 1.85. The molecular weight excluding hydrogens is 322 g/mol. The molecule has 0 spiro atoms. The summed E-state index contributed by atoms with van der Waals surface area (Å²) in [6.45, 7) is 4.95. The van der Waals surface area contributed by atoms with Crippen LogP contribution in [0.5, 0.6) is 5.75 Å². The van der Waals surface area contributed by atoms with Gasteiger partial charge in [-0.25, -0.2) is 0 Å². The molecule has 0 aromatic heterocycles. The Morgan fingerprint density at radius 2 is 2.10 bits per heavy atom. The Balaban J connectivity index is 2.58. The van der Waals surface area contributed by atoms with E-state index in [1.165, 1.54) is 0 Å². The highest BCUT2D eigenvalue weighted by Crippen LogP contribution is 2.28. The molecule has 0 amide bonds. The molecule has 0 aliphatic rings. The van der Waals surface area contributed by atoms with E-state index in [1.54, 1.807) is 14.2 Å². The van der Waals surface area contributed by atoms with Gasteiger partial charge in [-0.05, 0) is 47.5 Å². The van der Waals surface area contributed by atoms with Crippen LogP contribution in [0.4, 0.5) is 0 Å². The van der Waals surface area contributed by atoms with Crippen LogP contribution in [0.3, 0.4) is 0 Å². The van der Waals surface area contributed by atoms with Crippen LogP contribution in [0.2, 0.25) is 0 Å². The zero-order valence-electron chi connectivity index (χ0n) is 12.6. The number of benzene rings is 1. The Bertz CT molecular complexity index is 424. The minimum Gasteiger partial charge on any atom is -0.496 e. The zero-order valence-corrected chi connectivity index (χ0v) is 14.2. The first kappa shape index (κ1) is 17.4. The SMILES string of the molecule is COCCC(C)(O)CNC(C)c1ccc(OC)c(Br)c1. The third-order valence-corrected chi connectivity index (χ3v) is 3.93. The molecule has 1 rings (SSSR count). The van der Waals surface area contributed by atoms with Crippen molar-refractivity contribution in [1.82, 2.24) is 5.32 Å². The topological polar surface area (TPSA) is 50.7 Å². The van der Waals surface area contributed by atoms with Crippen molar-refractivity contribution in [2.75, 3.05) is 27.4 Å². The van der Waals surface area contributed by atoms with Gasteiger partial charge in [0, 0.05) is 32.7 Å². The number of hydrogen-bond donors (Lipinski definition) is 2. The quantitative estimate of drug-likeness (QED) is 0.760. The predicted molar refractivity (Wildman–Crippen MR) is 84.2 cm³/mol. The van der Waals surface area contributed by atoms with E-state index in [2.05, 4.69) is 28.2 Å². The lowest BCUT2D eigenvalue weighted by molar-refractivity contribution is 0.0231. The molecule has 0 saturated carbocycles. The third kappa shape index (κ3) is 5.40. The standard InChI is InChI=1S/C15H24BrNO3/c1-11(17-10-15(2,18)7-8-19-3)12-5-6-14(20-4)13(16)9-12/h5-6,9,11,17-18H,7-8,10H2,1-4H3. The summed E-state index contributed by atoms with van der Waals surface area (Å²) in [5, 5.41) is 13.6. The number of nitrogens with one attached hydrogen (secondary N) is 1. The van der Waals surface area contributed by atoms with Crippen LogP contribution in [0, 0.1) is 0 Å². The van der Waals surface area contributed by atoms with Gasteiger partial charge >= 0.3 is 0 Å². The maximum atomic E-state index is 10.2. The molecule has 0 fully saturated rings. The molecule has 2 unspecified atom stereocenters. The molecule has 20 heavy (non-hydrogen) atoms. The van der Waals surface area contributed by atoms with Gasteiger partial charge in [-0.1, -0.05) is 6.07 Å². The molecule has 0 saturated heterocycles. The van der Waals surface area contributed by atoms with E-state index in [-0.39, 0.29) is 6.04 Å². The van der Waals surface area contributed by atoms with Gasteiger partial charge in [0.05, 0.1) is 17.2 Å². The summed E-state index contributed by atoms with van der Waals surface area (Å²) in [5.74, 6) is 0.813. The van der Waals surface area contributed by atoms with E-state index >= 15 is 0 Å². The number of hydrogen-bond acceptors (Lipinski definition) is 4. The van der Waals surface area contributed by atoms with Crippen LogP contribution >= 0.6 is 15.9 Å². The predicted octanol–water partition coefficient (Wildman–Crippen LogP) is 2.90. The highest BCUT2D eigenvalue weighted by Gasteiger charge is 2.21. The number of halogens is 1. The van der Waals surface area contributed by atoms with E-state index in [1.807, 2.05) is 25.1 Å². The molecular formula is C15H24BrNO3. The van der Waals surface area contributed by atoms with Crippen LogP contribution in [0.15, 0.2) is 22.7 Å². The highest BCUT2D eigenvalue weighted by molar-refractivity contribution is 9.10. The van der Waals surface area contributed by atoms with Gasteiger partial charge in [-0.3, -0.25) is 0 Å². The molecule has 0 bridgehead atoms. The molecule has 5 heteroatoms. The minimum absolute atomic E-state index is 0.145. The average molecular weight is 346 g/mol. The van der Waals surface area contributed by atoms with Gasteiger partial charge in [0.15, 0.2) is 0 Å². The lowest BCUT2D eigenvalue weighted by Crippen LogP contribution is -2.39. The fraction of sp³-hybridized carbons (Fsp3) is 0.600. The second-order valence-corrected chi connectivity index (χ2v) is 6.09. The monoisotopic (exact) mass is 345 g/mol. The first-order chi connectivity index (χ1) is 9.39. The second-order valence-electron chi connectivity index (χ2n) is 5.24. The Kier molecular flexibility index (Phi) is 6.95. The first-order valence-corrected chi connectivity index (χ1v) is 7.47. The van der Waals surface area contributed by atoms with E-state index in [0.29, 0.717) is 19.6 Å². The lowest BCUT2D eigenvalue weighted by atomic mass is 10.0. The third-order valence-electron chi connectivity index (χ3n) is 3.31. The molecule has 4 nitrogen and oxygen atoms in total. The summed E-state index contributed by atoms with van der Waals surface area (Å²) >= 11 is 3.48. The summed E-state index contributed by atoms with van der Waals surface area (Å²) in [6.07, 6.45) is 0.607. The Morgan fingerprint density at radius 3 is 2.65 bits per heavy atom. The second kappa shape index (κ2) is 7.98. The number of aliphatic hydroxyl groups is 1. The van der Waals surface area contributed by atoms with Crippen molar-refractivity contribution < 1.29 is 14.6 Å². The molecule has 1 aromatic carbocycles. The van der Waals surface area contributed by atoms with Crippen LogP contribution in [-0.2, 0) is 4.74 Å². The van der Waals surface area contributed by atoms with Crippen molar-refractivity contribution in [1.29, 1.82) is 0 Å². The molecule has 0 aliphatic heterocycles. The van der Waals surface area contributed by atoms with Crippen molar-refractivity contribution in [3.8, 4) is 5.75 Å². The Labute approximate surface area is 129 Å². The average Bonchev–Trinajstić information content (AvgIpc) is 2.42. The molecule has 114 valence electrons. The molecule has 0 radical (unpaired) electrons. The van der Waals surface area contributed by atoms with E-state index < -0.39 is 5.60 Å². The number of ether oxygens (including phenoxy) is 2. The van der Waals surface area contributed by atoms with Crippen molar-refractivity contribution in [3.05, 3.63) is 28.2 Å². The van der Waals surface area contributed by atoms with Crippen molar-refractivity contribution >= 4 is 15.9 Å². The van der Waals surface area contributed by atoms with Gasteiger partial charge in [-0.15, -0.1) is 0 Å². The number of rotatable bonds is 8. The maximum absolute atomic E-state index is 10.2. The molecule has 2 N–H and O–H groups in total. The zero-order chi connectivity index (χ0) is 15.2. The van der Waals surface area contributed by atoms with Crippen LogP contribution in [0.1, 0.15) is 31.9 Å². The van der Waals surface area contributed by atoms with Gasteiger partial charge in [-0.2, -0.15) is 0 Å². The fourth-order valence-corrected chi connectivity index (χ4v) is 2.41. The minimum atomic E-state index is -0.770. The van der Waals surface area contributed by atoms with Gasteiger partial charge in [0.1, 0.15) is 5.75 Å². The largest absolute Gasteiger partial charge is 0.496 e. The van der Waals surface area contributed by atoms with Crippen LogP contribution in [-0.4, -0.2) is 38.1 Å². The van der Waals surface area contributed by atoms with Gasteiger partial charge in [0.2, 0.25) is 0 Å². The maximum Gasteiger partial charge on any atom is 0.133 e. The van der Waals surface area contributed by atoms with E-state index in [9.17, 15) is 5.11 Å². The summed E-state index contributed by atoms with van der Waals surface area (Å²) in [4.78, 5) is 0. The molecule has 0 heterocycles.